The molecule has 1 aromatic carbocycles. The van der Waals surface area contributed by atoms with Gasteiger partial charge in [0.25, 0.3) is 0 Å². The van der Waals surface area contributed by atoms with Crippen molar-refractivity contribution in [2.75, 3.05) is 6.54 Å². The van der Waals surface area contributed by atoms with Gasteiger partial charge in [-0.15, -0.1) is 0 Å². The fraction of sp³-hybridized carbons (Fsp3) is 0.200. The van der Waals surface area contributed by atoms with Crippen molar-refractivity contribution >= 4 is 17.6 Å². The van der Waals surface area contributed by atoms with Gasteiger partial charge in [0.2, 0.25) is 5.78 Å². The van der Waals surface area contributed by atoms with Crippen LogP contribution in [0.25, 0.3) is 5.57 Å². The van der Waals surface area contributed by atoms with Gasteiger partial charge in [0.15, 0.2) is 12.0 Å². The number of carbonyl (C=O) groups is 1. The topological polar surface area (TPSA) is 64.7 Å². The number of aliphatic imine (C=N–C) groups is 1. The normalized spacial score (nSPS) is 21.3. The summed E-state index contributed by atoms with van der Waals surface area (Å²) in [7, 11) is 0. The van der Waals surface area contributed by atoms with Crippen molar-refractivity contribution < 1.29 is 22.7 Å². The molecule has 1 aromatic rings. The van der Waals surface area contributed by atoms with Crippen LogP contribution >= 0.6 is 0 Å². The molecule has 0 aromatic heterocycles. The lowest BCUT2D eigenvalue weighted by Crippen LogP contribution is -2.22. The van der Waals surface area contributed by atoms with Crippen LogP contribution in [0.5, 0.6) is 0 Å². The molecule has 0 amide bonds. The Kier molecular flexibility index (Phi) is 3.27. The number of allylic oxidation sites excluding steroid dienone is 1. The summed E-state index contributed by atoms with van der Waals surface area (Å²) in [6.07, 6.45) is -2.21. The highest BCUT2D eigenvalue weighted by molar-refractivity contribution is 6.26. The maximum atomic E-state index is 12.8. The number of hydrogen-bond acceptors (Lipinski definition) is 4. The van der Waals surface area contributed by atoms with E-state index in [9.17, 15) is 18.0 Å². The molecule has 2 heterocycles. The van der Waals surface area contributed by atoms with Crippen molar-refractivity contribution in [3.05, 3.63) is 52.9 Å². The number of ether oxygens (including phenoxy) is 1. The molecule has 0 aliphatic carbocycles. The summed E-state index contributed by atoms with van der Waals surface area (Å²) in [5.41, 5.74) is 5.57. The van der Waals surface area contributed by atoms with Gasteiger partial charge in [-0.1, -0.05) is 12.1 Å². The Balaban J connectivity index is 1.95. The SMILES string of the molecule is NC1=C(c2cccc(C(F)(F)F)c2)C(=O)C(C2=CC=NC2)O1. The number of rotatable bonds is 2. The Morgan fingerprint density at radius 1 is 1.32 bits per heavy atom. The number of ketones is 1. The van der Waals surface area contributed by atoms with Crippen molar-refractivity contribution in [3.8, 4) is 0 Å². The first kappa shape index (κ1) is 14.4. The average molecular weight is 308 g/mol. The predicted octanol–water partition coefficient (Wildman–Crippen LogP) is 2.31. The van der Waals surface area contributed by atoms with Gasteiger partial charge in [-0.2, -0.15) is 13.2 Å². The van der Waals surface area contributed by atoms with E-state index >= 15 is 0 Å². The summed E-state index contributed by atoms with van der Waals surface area (Å²) < 4.78 is 43.7. The van der Waals surface area contributed by atoms with Crippen LogP contribution < -0.4 is 5.73 Å². The van der Waals surface area contributed by atoms with Crippen LogP contribution in [0.2, 0.25) is 0 Å². The van der Waals surface area contributed by atoms with Crippen LogP contribution in [-0.2, 0) is 15.7 Å². The second-order valence-corrected chi connectivity index (χ2v) is 4.91. The van der Waals surface area contributed by atoms with Crippen LogP contribution in [0.3, 0.4) is 0 Å². The van der Waals surface area contributed by atoms with E-state index in [1.807, 2.05) is 0 Å². The number of nitrogens with two attached hydrogens (primary N) is 1. The molecule has 0 bridgehead atoms. The Hall–Kier alpha value is -2.57. The predicted molar refractivity (Wildman–Crippen MR) is 73.9 cm³/mol. The minimum Gasteiger partial charge on any atom is -0.463 e. The number of hydrogen-bond donors (Lipinski definition) is 1. The van der Waals surface area contributed by atoms with E-state index < -0.39 is 23.6 Å². The summed E-state index contributed by atoms with van der Waals surface area (Å²) >= 11 is 0. The van der Waals surface area contributed by atoms with Gasteiger partial charge in [0, 0.05) is 11.8 Å². The first-order valence-corrected chi connectivity index (χ1v) is 6.45. The van der Waals surface area contributed by atoms with Gasteiger partial charge in [0.1, 0.15) is 0 Å². The highest BCUT2D eigenvalue weighted by atomic mass is 19.4. The largest absolute Gasteiger partial charge is 0.463 e. The standard InChI is InChI=1S/C15H11F3N2O2/c16-15(17,18)10-3-1-2-8(6-10)11-12(21)13(22-14(11)19)9-4-5-20-7-9/h1-6,13H,7,19H2. The van der Waals surface area contributed by atoms with Gasteiger partial charge in [-0.05, 0) is 23.8 Å². The second-order valence-electron chi connectivity index (χ2n) is 4.91. The Labute approximate surface area is 123 Å². The third-order valence-electron chi connectivity index (χ3n) is 3.46. The molecule has 3 rings (SSSR count). The average Bonchev–Trinajstić information content (AvgIpc) is 3.06. The summed E-state index contributed by atoms with van der Waals surface area (Å²) in [6, 6.07) is 4.47. The third-order valence-corrected chi connectivity index (χ3v) is 3.46. The molecule has 2 aliphatic heterocycles. The summed E-state index contributed by atoms with van der Waals surface area (Å²) in [6.45, 7) is 0.319. The quantitative estimate of drug-likeness (QED) is 0.912. The van der Waals surface area contributed by atoms with E-state index in [1.54, 1.807) is 12.3 Å². The molecule has 0 spiro atoms. The van der Waals surface area contributed by atoms with E-state index in [2.05, 4.69) is 4.99 Å². The minimum atomic E-state index is -4.49. The molecule has 1 atom stereocenters. The molecule has 0 saturated heterocycles. The molecule has 1 unspecified atom stereocenters. The molecular weight excluding hydrogens is 297 g/mol. The van der Waals surface area contributed by atoms with Crippen LogP contribution in [0.15, 0.2) is 46.8 Å². The minimum absolute atomic E-state index is 0.0242. The number of benzene rings is 1. The van der Waals surface area contributed by atoms with E-state index in [1.165, 1.54) is 12.1 Å². The maximum absolute atomic E-state index is 12.8. The van der Waals surface area contributed by atoms with Crippen LogP contribution in [0, 0.1) is 0 Å². The molecule has 0 radical (unpaired) electrons. The Bertz CT molecular complexity index is 733. The van der Waals surface area contributed by atoms with E-state index in [4.69, 9.17) is 10.5 Å². The monoisotopic (exact) mass is 308 g/mol. The number of carbonyl (C=O) groups excluding carboxylic acids is 1. The summed E-state index contributed by atoms with van der Waals surface area (Å²) in [5.74, 6) is -0.615. The summed E-state index contributed by atoms with van der Waals surface area (Å²) in [4.78, 5) is 16.4. The number of halogens is 3. The van der Waals surface area contributed by atoms with Gasteiger partial charge >= 0.3 is 6.18 Å². The fourth-order valence-corrected chi connectivity index (χ4v) is 2.40. The van der Waals surface area contributed by atoms with Crippen molar-refractivity contribution in [1.29, 1.82) is 0 Å². The molecule has 0 saturated carbocycles. The van der Waals surface area contributed by atoms with E-state index in [0.29, 0.717) is 12.1 Å². The zero-order valence-electron chi connectivity index (χ0n) is 11.2. The third kappa shape index (κ3) is 2.38. The molecular formula is C15H11F3N2O2. The number of Topliss-reactive ketones (excluding diaryl/α,β-unsaturated/α-hetero) is 1. The molecule has 2 N–H and O–H groups in total. The van der Waals surface area contributed by atoms with E-state index in [0.717, 1.165) is 12.1 Å². The zero-order chi connectivity index (χ0) is 15.9. The molecule has 22 heavy (non-hydrogen) atoms. The van der Waals surface area contributed by atoms with Gasteiger partial charge in [0.05, 0.1) is 17.7 Å². The first-order chi connectivity index (χ1) is 10.4. The molecule has 2 aliphatic rings. The Morgan fingerprint density at radius 3 is 2.73 bits per heavy atom. The first-order valence-electron chi connectivity index (χ1n) is 6.45. The lowest BCUT2D eigenvalue weighted by Gasteiger charge is -2.10. The van der Waals surface area contributed by atoms with Crippen molar-refractivity contribution in [3.63, 3.8) is 0 Å². The van der Waals surface area contributed by atoms with Crippen molar-refractivity contribution in [1.82, 2.24) is 0 Å². The van der Waals surface area contributed by atoms with E-state index in [-0.39, 0.29) is 17.0 Å². The lowest BCUT2D eigenvalue weighted by atomic mass is 9.96. The smallest absolute Gasteiger partial charge is 0.416 e. The van der Waals surface area contributed by atoms with Crippen LogP contribution in [0.1, 0.15) is 11.1 Å². The highest BCUT2D eigenvalue weighted by Gasteiger charge is 2.38. The van der Waals surface area contributed by atoms with Crippen LogP contribution in [-0.4, -0.2) is 24.6 Å². The van der Waals surface area contributed by atoms with Gasteiger partial charge in [-0.25, -0.2) is 0 Å². The van der Waals surface area contributed by atoms with Gasteiger partial charge in [-0.3, -0.25) is 9.79 Å². The van der Waals surface area contributed by atoms with Crippen molar-refractivity contribution in [2.24, 2.45) is 10.7 Å². The Morgan fingerprint density at radius 2 is 2.09 bits per heavy atom. The highest BCUT2D eigenvalue weighted by Crippen LogP contribution is 2.35. The molecule has 114 valence electrons. The molecule has 0 fully saturated rings. The van der Waals surface area contributed by atoms with Crippen molar-refractivity contribution in [2.45, 2.75) is 12.3 Å². The summed E-state index contributed by atoms with van der Waals surface area (Å²) in [5, 5.41) is 0. The molecule has 4 nitrogen and oxygen atoms in total. The maximum Gasteiger partial charge on any atom is 0.416 e. The van der Waals surface area contributed by atoms with Crippen LogP contribution in [0.4, 0.5) is 13.2 Å². The zero-order valence-corrected chi connectivity index (χ0v) is 11.2. The second kappa shape index (κ2) is 5.01. The van der Waals surface area contributed by atoms with Gasteiger partial charge < -0.3 is 10.5 Å². The lowest BCUT2D eigenvalue weighted by molar-refractivity contribution is -0.137. The fourth-order valence-electron chi connectivity index (χ4n) is 2.40. The molecule has 7 heteroatoms. The number of nitrogens with zero attached hydrogens (tertiary/aromatic N) is 1. The number of alkyl halides is 3.